The summed E-state index contributed by atoms with van der Waals surface area (Å²) in [6, 6.07) is 0. The molecule has 0 spiro atoms. The summed E-state index contributed by atoms with van der Waals surface area (Å²) in [5.74, 6) is 1.68. The summed E-state index contributed by atoms with van der Waals surface area (Å²) in [6.45, 7) is 10.5. The summed E-state index contributed by atoms with van der Waals surface area (Å²) in [5.41, 5.74) is 2.38. The Morgan fingerprint density at radius 1 is 1.29 bits per heavy atom. The standard InChI is InChI=1S/C17H30N4/c1-13-15(11-19-17(2,3)4)10-18-16(20-13)21(5)12-14-8-6-7-9-14/h10,14,19H,6-9,11-12H2,1-5H3. The minimum absolute atomic E-state index is 0.115. The van der Waals surface area contributed by atoms with Gasteiger partial charge in [0, 0.05) is 43.1 Å². The van der Waals surface area contributed by atoms with E-state index in [9.17, 15) is 0 Å². The second-order valence-corrected chi connectivity index (χ2v) is 7.42. The molecular formula is C17H30N4. The van der Waals surface area contributed by atoms with Gasteiger partial charge in [-0.15, -0.1) is 0 Å². The minimum atomic E-state index is 0.115. The molecule has 0 saturated heterocycles. The smallest absolute Gasteiger partial charge is 0.225 e. The van der Waals surface area contributed by atoms with Gasteiger partial charge in [0.05, 0.1) is 0 Å². The predicted octanol–water partition coefficient (Wildman–Crippen LogP) is 3.30. The molecule has 118 valence electrons. The highest BCUT2D eigenvalue weighted by atomic mass is 15.2. The molecule has 1 fully saturated rings. The maximum absolute atomic E-state index is 4.69. The highest BCUT2D eigenvalue weighted by Crippen LogP contribution is 2.26. The number of anilines is 1. The topological polar surface area (TPSA) is 41.1 Å². The summed E-state index contributed by atoms with van der Waals surface area (Å²) in [7, 11) is 2.11. The van der Waals surface area contributed by atoms with E-state index >= 15 is 0 Å². The molecule has 1 heterocycles. The Morgan fingerprint density at radius 3 is 2.52 bits per heavy atom. The molecule has 0 atom stereocenters. The van der Waals surface area contributed by atoms with Gasteiger partial charge in [-0.05, 0) is 46.5 Å². The summed E-state index contributed by atoms with van der Waals surface area (Å²) in [5, 5.41) is 3.49. The second-order valence-electron chi connectivity index (χ2n) is 7.42. The van der Waals surface area contributed by atoms with Crippen molar-refractivity contribution in [3.8, 4) is 0 Å². The molecule has 0 amide bonds. The van der Waals surface area contributed by atoms with Crippen LogP contribution in [0.25, 0.3) is 0 Å². The van der Waals surface area contributed by atoms with E-state index in [2.05, 4.69) is 49.9 Å². The van der Waals surface area contributed by atoms with Crippen molar-refractivity contribution in [3.05, 3.63) is 17.5 Å². The molecule has 1 aromatic heterocycles. The molecule has 0 unspecified atom stereocenters. The molecule has 0 aliphatic heterocycles. The van der Waals surface area contributed by atoms with Gasteiger partial charge in [0.15, 0.2) is 0 Å². The van der Waals surface area contributed by atoms with Crippen LogP contribution in [-0.4, -0.2) is 29.1 Å². The van der Waals surface area contributed by atoms with Crippen molar-refractivity contribution in [1.82, 2.24) is 15.3 Å². The van der Waals surface area contributed by atoms with Gasteiger partial charge < -0.3 is 10.2 Å². The van der Waals surface area contributed by atoms with Crippen LogP contribution in [0, 0.1) is 12.8 Å². The second kappa shape index (κ2) is 6.73. The van der Waals surface area contributed by atoms with Crippen LogP contribution in [0.2, 0.25) is 0 Å². The average Bonchev–Trinajstić information content (AvgIpc) is 2.89. The van der Waals surface area contributed by atoms with Gasteiger partial charge in [0.1, 0.15) is 0 Å². The Hall–Kier alpha value is -1.16. The van der Waals surface area contributed by atoms with Crippen LogP contribution in [-0.2, 0) is 6.54 Å². The number of nitrogens with zero attached hydrogens (tertiary/aromatic N) is 3. The number of hydrogen-bond acceptors (Lipinski definition) is 4. The maximum Gasteiger partial charge on any atom is 0.225 e. The molecule has 1 aliphatic rings. The molecule has 21 heavy (non-hydrogen) atoms. The average molecular weight is 290 g/mol. The SMILES string of the molecule is Cc1nc(N(C)CC2CCCC2)ncc1CNC(C)(C)C. The van der Waals surface area contributed by atoms with Gasteiger partial charge in [0.25, 0.3) is 0 Å². The van der Waals surface area contributed by atoms with E-state index < -0.39 is 0 Å². The van der Waals surface area contributed by atoms with Gasteiger partial charge in [-0.3, -0.25) is 0 Å². The zero-order valence-corrected chi connectivity index (χ0v) is 14.2. The van der Waals surface area contributed by atoms with Crippen LogP contribution in [0.15, 0.2) is 6.20 Å². The van der Waals surface area contributed by atoms with E-state index in [1.165, 1.54) is 31.2 Å². The molecule has 0 bridgehead atoms. The Balaban J connectivity index is 1.97. The summed E-state index contributed by atoms with van der Waals surface area (Å²) >= 11 is 0. The third-order valence-electron chi connectivity index (χ3n) is 4.23. The number of rotatable bonds is 5. The molecule has 1 aliphatic carbocycles. The molecule has 1 N–H and O–H groups in total. The number of nitrogens with one attached hydrogen (secondary N) is 1. The molecular weight excluding hydrogens is 260 g/mol. The zero-order valence-electron chi connectivity index (χ0n) is 14.2. The van der Waals surface area contributed by atoms with Crippen LogP contribution >= 0.6 is 0 Å². The van der Waals surface area contributed by atoms with Gasteiger partial charge in [-0.2, -0.15) is 0 Å². The van der Waals surface area contributed by atoms with E-state index in [1.807, 2.05) is 6.20 Å². The minimum Gasteiger partial charge on any atom is -0.344 e. The first-order chi connectivity index (χ1) is 9.85. The molecule has 4 heteroatoms. The highest BCUT2D eigenvalue weighted by molar-refractivity contribution is 5.32. The van der Waals surface area contributed by atoms with Crippen molar-refractivity contribution >= 4 is 5.95 Å². The summed E-state index contributed by atoms with van der Waals surface area (Å²) < 4.78 is 0. The molecule has 0 aromatic carbocycles. The predicted molar refractivity (Wildman–Crippen MR) is 88.6 cm³/mol. The number of aromatic nitrogens is 2. The van der Waals surface area contributed by atoms with E-state index in [0.717, 1.165) is 30.6 Å². The molecule has 1 aromatic rings. The summed E-state index contributed by atoms with van der Waals surface area (Å²) in [6.07, 6.45) is 7.46. The zero-order chi connectivity index (χ0) is 15.5. The first-order valence-electron chi connectivity index (χ1n) is 8.14. The molecule has 0 radical (unpaired) electrons. The van der Waals surface area contributed by atoms with Crippen molar-refractivity contribution in [2.24, 2.45) is 5.92 Å². The first kappa shape index (κ1) is 16.2. The van der Waals surface area contributed by atoms with Crippen molar-refractivity contribution in [1.29, 1.82) is 0 Å². The van der Waals surface area contributed by atoms with E-state index in [0.29, 0.717) is 0 Å². The third-order valence-corrected chi connectivity index (χ3v) is 4.23. The fourth-order valence-electron chi connectivity index (χ4n) is 2.86. The van der Waals surface area contributed by atoms with Crippen LogP contribution in [0.5, 0.6) is 0 Å². The Morgan fingerprint density at radius 2 is 1.95 bits per heavy atom. The van der Waals surface area contributed by atoms with Gasteiger partial charge in [-0.1, -0.05) is 12.8 Å². The van der Waals surface area contributed by atoms with E-state index in [-0.39, 0.29) is 5.54 Å². The Labute approximate surface area is 129 Å². The van der Waals surface area contributed by atoms with Crippen molar-refractivity contribution < 1.29 is 0 Å². The van der Waals surface area contributed by atoms with Crippen LogP contribution < -0.4 is 10.2 Å². The fraction of sp³-hybridized carbons (Fsp3) is 0.765. The van der Waals surface area contributed by atoms with Crippen LogP contribution in [0.4, 0.5) is 5.95 Å². The normalized spacial score (nSPS) is 16.4. The molecule has 4 nitrogen and oxygen atoms in total. The first-order valence-corrected chi connectivity index (χ1v) is 8.14. The van der Waals surface area contributed by atoms with Crippen molar-refractivity contribution in [3.63, 3.8) is 0 Å². The van der Waals surface area contributed by atoms with Gasteiger partial charge >= 0.3 is 0 Å². The Kier molecular flexibility index (Phi) is 5.20. The van der Waals surface area contributed by atoms with E-state index in [1.54, 1.807) is 0 Å². The fourth-order valence-corrected chi connectivity index (χ4v) is 2.86. The largest absolute Gasteiger partial charge is 0.344 e. The summed E-state index contributed by atoms with van der Waals surface area (Å²) in [4.78, 5) is 11.5. The Bertz CT molecular complexity index is 458. The third kappa shape index (κ3) is 4.95. The van der Waals surface area contributed by atoms with Crippen molar-refractivity contribution in [2.45, 2.75) is 65.5 Å². The lowest BCUT2D eigenvalue weighted by Gasteiger charge is -2.23. The van der Waals surface area contributed by atoms with Crippen molar-refractivity contribution in [2.75, 3.05) is 18.5 Å². The lowest BCUT2D eigenvalue weighted by atomic mass is 10.1. The maximum atomic E-state index is 4.69. The number of aryl methyl sites for hydroxylation is 1. The number of hydrogen-bond donors (Lipinski definition) is 1. The quantitative estimate of drug-likeness (QED) is 0.903. The lowest BCUT2D eigenvalue weighted by molar-refractivity contribution is 0.423. The molecule has 2 rings (SSSR count). The van der Waals surface area contributed by atoms with Gasteiger partial charge in [-0.25, -0.2) is 9.97 Å². The molecule has 1 saturated carbocycles. The monoisotopic (exact) mass is 290 g/mol. The van der Waals surface area contributed by atoms with Crippen LogP contribution in [0.1, 0.15) is 57.7 Å². The van der Waals surface area contributed by atoms with Crippen LogP contribution in [0.3, 0.4) is 0 Å². The van der Waals surface area contributed by atoms with Gasteiger partial charge in [0.2, 0.25) is 5.95 Å². The lowest BCUT2D eigenvalue weighted by Crippen LogP contribution is -2.35. The highest BCUT2D eigenvalue weighted by Gasteiger charge is 2.18. The van der Waals surface area contributed by atoms with E-state index in [4.69, 9.17) is 4.98 Å².